The average molecular weight is 550 g/mol. The van der Waals surface area contributed by atoms with Crippen molar-refractivity contribution in [2.45, 2.75) is 26.4 Å². The number of aromatic nitrogens is 2. The summed E-state index contributed by atoms with van der Waals surface area (Å²) >= 11 is -2.44. The third kappa shape index (κ3) is 7.19. The lowest BCUT2D eigenvalue weighted by Crippen LogP contribution is -2.60. The molecule has 0 bridgehead atoms. The average Bonchev–Trinajstić information content (AvgIpc) is 2.92. The Hall–Kier alpha value is -3.82. The topological polar surface area (TPSA) is 119 Å². The molecule has 0 aliphatic carbocycles. The zero-order valence-corrected chi connectivity index (χ0v) is 22.6. The van der Waals surface area contributed by atoms with E-state index in [1.165, 1.54) is 10.8 Å². The molecular formula is C28H31N5O5S. The highest BCUT2D eigenvalue weighted by Crippen LogP contribution is 2.21. The van der Waals surface area contributed by atoms with Crippen molar-refractivity contribution < 1.29 is 18.7 Å². The molecule has 2 aromatic carbocycles. The summed E-state index contributed by atoms with van der Waals surface area (Å²) in [7, 11) is 0. The molecule has 2 atom stereocenters. The van der Waals surface area contributed by atoms with Gasteiger partial charge < -0.3 is 10.0 Å². The van der Waals surface area contributed by atoms with Gasteiger partial charge in [0.05, 0.1) is 12.1 Å². The summed E-state index contributed by atoms with van der Waals surface area (Å²) in [5.41, 5.74) is 3.10. The fraction of sp³-hybridized carbons (Fsp3) is 0.321. The second-order valence-electron chi connectivity index (χ2n) is 9.54. The van der Waals surface area contributed by atoms with E-state index in [-0.39, 0.29) is 11.6 Å². The summed E-state index contributed by atoms with van der Waals surface area (Å²) < 4.78 is 24.4. The quantitative estimate of drug-likeness (QED) is 0.325. The highest BCUT2D eigenvalue weighted by atomic mass is 32.2. The lowest BCUT2D eigenvalue weighted by molar-refractivity contribution is -0.148. The predicted octanol–water partition coefficient (Wildman–Crippen LogP) is 2.28. The molecule has 0 spiro atoms. The number of hydrazine groups is 1. The number of benzene rings is 2. The van der Waals surface area contributed by atoms with Gasteiger partial charge >= 0.3 is 11.7 Å². The molecule has 10 nitrogen and oxygen atoms in total. The molecule has 4 rings (SSSR count). The largest absolute Gasteiger partial charge is 0.480 e. The maximum absolute atomic E-state index is 12.2. The van der Waals surface area contributed by atoms with E-state index in [4.69, 9.17) is 0 Å². The Morgan fingerprint density at radius 3 is 2.26 bits per heavy atom. The predicted molar refractivity (Wildman–Crippen MR) is 149 cm³/mol. The molecule has 1 aliphatic heterocycles. The van der Waals surface area contributed by atoms with Crippen LogP contribution >= 0.6 is 0 Å². The zero-order chi connectivity index (χ0) is 27.9. The van der Waals surface area contributed by atoms with Gasteiger partial charge in [-0.25, -0.2) is 19.0 Å². The number of rotatable bonds is 8. The number of piperazine rings is 1. The number of nitrogens with zero attached hydrogens (tertiary/aromatic N) is 5. The summed E-state index contributed by atoms with van der Waals surface area (Å²) in [4.78, 5) is 30.0. The third-order valence-corrected chi connectivity index (χ3v) is 7.23. The van der Waals surface area contributed by atoms with Crippen LogP contribution in [0.4, 0.5) is 5.69 Å². The van der Waals surface area contributed by atoms with Gasteiger partial charge in [0.1, 0.15) is 6.04 Å². The summed E-state index contributed by atoms with van der Waals surface area (Å²) in [5.74, 6) is 4.72. The van der Waals surface area contributed by atoms with E-state index in [2.05, 4.69) is 21.7 Å². The lowest BCUT2D eigenvalue weighted by Gasteiger charge is -2.42. The standard InChI is InChI=1S/C28H31N5O5S/c1-21(2)26(27(34)35)33(39(37)38)32-16-14-30(15-17-32)25-12-10-22(11-13-25)8-9-24-18-29-28(36)31(20-24)19-23-6-4-3-5-7-23/h3-7,10-13,18,20-21,26H,14-17,19H2,1-2H3,(H,34,35)(H,37,38). The summed E-state index contributed by atoms with van der Waals surface area (Å²) in [6, 6.07) is 16.3. The molecule has 0 radical (unpaired) electrons. The number of carboxylic acids is 1. The van der Waals surface area contributed by atoms with E-state index in [0.717, 1.165) is 21.2 Å². The van der Waals surface area contributed by atoms with Gasteiger partial charge in [0.15, 0.2) is 0 Å². The first-order valence-electron chi connectivity index (χ1n) is 12.6. The SMILES string of the molecule is CC(C)C(C(=O)O)N(N1CCN(c2ccc(C#Cc3cnc(=O)n(Cc4ccccc4)c3)cc2)CC1)S(=O)O. The second kappa shape index (κ2) is 12.8. The van der Waals surface area contributed by atoms with E-state index in [0.29, 0.717) is 38.3 Å². The Balaban J connectivity index is 1.40. The first kappa shape index (κ1) is 28.2. The fourth-order valence-corrected chi connectivity index (χ4v) is 5.36. The van der Waals surface area contributed by atoms with Crippen LogP contribution in [0.25, 0.3) is 0 Å². The molecule has 1 saturated heterocycles. The highest BCUT2D eigenvalue weighted by molar-refractivity contribution is 7.76. The zero-order valence-electron chi connectivity index (χ0n) is 21.8. The van der Waals surface area contributed by atoms with Gasteiger partial charge in [-0.1, -0.05) is 56.0 Å². The number of aliphatic carboxylic acids is 1. The monoisotopic (exact) mass is 549 g/mol. The molecule has 1 aliphatic rings. The molecule has 11 heteroatoms. The van der Waals surface area contributed by atoms with Crippen LogP contribution in [0.3, 0.4) is 0 Å². The van der Waals surface area contributed by atoms with Gasteiger partial charge in [-0.05, 0) is 35.7 Å². The smallest absolute Gasteiger partial charge is 0.347 e. The molecule has 1 aromatic heterocycles. The minimum Gasteiger partial charge on any atom is -0.480 e. The molecule has 2 heterocycles. The van der Waals surface area contributed by atoms with Crippen molar-refractivity contribution in [1.82, 2.24) is 19.0 Å². The molecule has 39 heavy (non-hydrogen) atoms. The Kier molecular flexibility index (Phi) is 9.27. The Morgan fingerprint density at radius 1 is 1.03 bits per heavy atom. The number of hydrogen-bond donors (Lipinski definition) is 2. The molecule has 0 saturated carbocycles. The van der Waals surface area contributed by atoms with Gasteiger partial charge in [0, 0.05) is 49.8 Å². The molecule has 2 N–H and O–H groups in total. The van der Waals surface area contributed by atoms with Crippen LogP contribution in [0.5, 0.6) is 0 Å². The molecule has 2 unspecified atom stereocenters. The summed E-state index contributed by atoms with van der Waals surface area (Å²) in [6.45, 7) is 5.82. The van der Waals surface area contributed by atoms with Crippen molar-refractivity contribution in [3.63, 3.8) is 0 Å². The first-order chi connectivity index (χ1) is 18.7. The number of anilines is 1. The Bertz CT molecular complexity index is 1420. The van der Waals surface area contributed by atoms with Crippen LogP contribution in [-0.2, 0) is 22.6 Å². The maximum Gasteiger partial charge on any atom is 0.347 e. The number of carbonyl (C=O) groups is 1. The summed E-state index contributed by atoms with van der Waals surface area (Å²) in [6.07, 6.45) is 3.18. The van der Waals surface area contributed by atoms with Gasteiger partial charge in [0.25, 0.3) is 0 Å². The van der Waals surface area contributed by atoms with Crippen LogP contribution in [-0.4, -0.2) is 71.0 Å². The van der Waals surface area contributed by atoms with E-state index >= 15 is 0 Å². The van der Waals surface area contributed by atoms with Crippen LogP contribution < -0.4 is 10.6 Å². The first-order valence-corrected chi connectivity index (χ1v) is 13.6. The van der Waals surface area contributed by atoms with Crippen molar-refractivity contribution in [1.29, 1.82) is 0 Å². The van der Waals surface area contributed by atoms with Gasteiger partial charge in [-0.3, -0.25) is 13.9 Å². The van der Waals surface area contributed by atoms with E-state index < -0.39 is 23.3 Å². The fourth-order valence-electron chi connectivity index (χ4n) is 4.47. The number of hydrogen-bond acceptors (Lipinski definition) is 6. The Morgan fingerprint density at radius 2 is 1.67 bits per heavy atom. The van der Waals surface area contributed by atoms with Gasteiger partial charge in [-0.2, -0.15) is 0 Å². The molecule has 1 fully saturated rings. The van der Waals surface area contributed by atoms with Crippen molar-refractivity contribution >= 4 is 22.9 Å². The minimum atomic E-state index is -2.44. The molecule has 3 aromatic rings. The van der Waals surface area contributed by atoms with Crippen molar-refractivity contribution in [3.05, 3.63) is 94.2 Å². The Labute approximate surface area is 229 Å². The van der Waals surface area contributed by atoms with Crippen molar-refractivity contribution in [2.24, 2.45) is 5.92 Å². The van der Waals surface area contributed by atoms with E-state index in [1.54, 1.807) is 25.1 Å². The van der Waals surface area contributed by atoms with Gasteiger partial charge in [-0.15, -0.1) is 4.41 Å². The van der Waals surface area contributed by atoms with Crippen molar-refractivity contribution in [3.8, 4) is 11.8 Å². The van der Waals surface area contributed by atoms with Crippen molar-refractivity contribution in [2.75, 3.05) is 31.1 Å². The second-order valence-corrected chi connectivity index (χ2v) is 10.4. The molecule has 0 amide bonds. The normalized spacial score (nSPS) is 15.6. The van der Waals surface area contributed by atoms with Crippen LogP contribution in [0.1, 0.15) is 30.5 Å². The number of carboxylic acid groups (broad SMARTS) is 1. The van der Waals surface area contributed by atoms with E-state index in [9.17, 15) is 23.5 Å². The maximum atomic E-state index is 12.2. The minimum absolute atomic E-state index is 0.329. The van der Waals surface area contributed by atoms with Gasteiger partial charge in [0.2, 0.25) is 11.3 Å². The van der Waals surface area contributed by atoms with Crippen LogP contribution in [0, 0.1) is 17.8 Å². The van der Waals surface area contributed by atoms with Crippen LogP contribution in [0.2, 0.25) is 0 Å². The molecular weight excluding hydrogens is 518 g/mol. The lowest BCUT2D eigenvalue weighted by atomic mass is 10.1. The van der Waals surface area contributed by atoms with E-state index in [1.807, 2.05) is 54.6 Å². The van der Waals surface area contributed by atoms with Crippen LogP contribution in [0.15, 0.2) is 71.8 Å². The summed E-state index contributed by atoms with van der Waals surface area (Å²) in [5, 5.41) is 11.2. The molecule has 204 valence electrons. The highest BCUT2D eigenvalue weighted by Gasteiger charge is 2.38. The third-order valence-electron chi connectivity index (χ3n) is 6.45.